The van der Waals surface area contributed by atoms with Crippen LogP contribution in [0.3, 0.4) is 0 Å². The molecule has 59 valence electrons. The first kappa shape index (κ1) is 13.6. The summed E-state index contributed by atoms with van der Waals surface area (Å²) in [5.41, 5.74) is 0. The van der Waals surface area contributed by atoms with Gasteiger partial charge in [0.05, 0.1) is 0 Å². The van der Waals surface area contributed by atoms with E-state index in [2.05, 4.69) is 11.7 Å². The van der Waals surface area contributed by atoms with E-state index < -0.39 is 0 Å². The smallest absolute Gasteiger partial charge is 0 e. The monoisotopic (exact) mass is 216 g/mol. The molecule has 0 aromatic carbocycles. The maximum Gasteiger partial charge on any atom is 0 e. The molecule has 0 saturated heterocycles. The SMILES string of the molecule is CNC1[CH-]CCCC1.[CH3-].[Y]. The Balaban J connectivity index is 0. The third kappa shape index (κ3) is 4.81. The summed E-state index contributed by atoms with van der Waals surface area (Å²) < 4.78 is 0. The van der Waals surface area contributed by atoms with Gasteiger partial charge in [-0.15, -0.1) is 6.04 Å². The molecule has 1 aliphatic rings. The molecule has 2 heteroatoms. The minimum absolute atomic E-state index is 0. The standard InChI is InChI=1S/C7H14N.CH3.Y/c1-8-7-5-3-2-4-6-7;;/h5,7-8H,2-4,6H2,1H3;1H3;/q2*-1;. The molecular weight excluding hydrogens is 199 g/mol. The molecule has 0 spiro atoms. The van der Waals surface area contributed by atoms with E-state index >= 15 is 0 Å². The van der Waals surface area contributed by atoms with Crippen molar-refractivity contribution >= 4 is 0 Å². The first-order valence-corrected chi connectivity index (χ1v) is 3.44. The molecule has 0 aromatic heterocycles. The minimum Gasteiger partial charge on any atom is -0.358 e. The molecule has 1 nitrogen and oxygen atoms in total. The Morgan fingerprint density at radius 2 is 2.10 bits per heavy atom. The molecule has 1 N–H and O–H groups in total. The van der Waals surface area contributed by atoms with Crippen LogP contribution in [0.5, 0.6) is 0 Å². The van der Waals surface area contributed by atoms with Crippen molar-refractivity contribution < 1.29 is 32.7 Å². The van der Waals surface area contributed by atoms with Gasteiger partial charge in [0.25, 0.3) is 0 Å². The van der Waals surface area contributed by atoms with E-state index in [0.717, 1.165) is 0 Å². The molecule has 0 heterocycles. The molecule has 0 aromatic rings. The zero-order chi connectivity index (χ0) is 5.82. The second-order valence-electron chi connectivity index (χ2n) is 2.42. The van der Waals surface area contributed by atoms with Crippen molar-refractivity contribution in [2.24, 2.45) is 0 Å². The third-order valence-corrected chi connectivity index (χ3v) is 1.79. The summed E-state index contributed by atoms with van der Waals surface area (Å²) in [5.74, 6) is 0. The largest absolute Gasteiger partial charge is 0.358 e. The van der Waals surface area contributed by atoms with Crippen molar-refractivity contribution in [1.29, 1.82) is 0 Å². The molecular formula is C8H17NY-2. The molecule has 0 amide bonds. The Kier molecular flexibility index (Phi) is 11.1. The van der Waals surface area contributed by atoms with Gasteiger partial charge >= 0.3 is 0 Å². The number of rotatable bonds is 1. The van der Waals surface area contributed by atoms with Gasteiger partial charge in [-0.05, 0) is 7.05 Å². The van der Waals surface area contributed by atoms with Crippen molar-refractivity contribution in [3.63, 3.8) is 0 Å². The van der Waals surface area contributed by atoms with Crippen LogP contribution in [-0.2, 0) is 32.7 Å². The van der Waals surface area contributed by atoms with Crippen molar-refractivity contribution in [1.82, 2.24) is 5.32 Å². The van der Waals surface area contributed by atoms with E-state index in [9.17, 15) is 0 Å². The number of nitrogens with one attached hydrogen (secondary N) is 1. The van der Waals surface area contributed by atoms with Gasteiger partial charge in [0.2, 0.25) is 0 Å². The summed E-state index contributed by atoms with van der Waals surface area (Å²) in [6.07, 6.45) is 7.84. The zero-order valence-electron chi connectivity index (χ0n) is 7.06. The summed E-state index contributed by atoms with van der Waals surface area (Å²) in [5, 5.41) is 3.25. The molecule has 1 rings (SSSR count). The fourth-order valence-electron chi connectivity index (χ4n) is 1.21. The van der Waals surface area contributed by atoms with Crippen molar-refractivity contribution in [3.8, 4) is 0 Å². The van der Waals surface area contributed by atoms with Gasteiger partial charge in [-0.3, -0.25) is 0 Å². The maximum absolute atomic E-state index is 3.25. The molecule has 1 radical (unpaired) electrons. The predicted molar refractivity (Wildman–Crippen MR) is 42.0 cm³/mol. The van der Waals surface area contributed by atoms with Crippen LogP contribution in [0.15, 0.2) is 0 Å². The Morgan fingerprint density at radius 3 is 2.40 bits per heavy atom. The van der Waals surface area contributed by atoms with E-state index in [1.54, 1.807) is 0 Å². The summed E-state index contributed by atoms with van der Waals surface area (Å²) in [6, 6.07) is 0.712. The van der Waals surface area contributed by atoms with E-state index in [4.69, 9.17) is 0 Å². The predicted octanol–water partition coefficient (Wildman–Crippen LogP) is 1.80. The van der Waals surface area contributed by atoms with Gasteiger partial charge < -0.3 is 19.2 Å². The van der Waals surface area contributed by atoms with Gasteiger partial charge in [0.1, 0.15) is 0 Å². The van der Waals surface area contributed by atoms with Crippen LogP contribution in [0.2, 0.25) is 0 Å². The summed E-state index contributed by atoms with van der Waals surface area (Å²) in [7, 11) is 2.03. The zero-order valence-corrected chi connectivity index (χ0v) is 9.90. The summed E-state index contributed by atoms with van der Waals surface area (Å²) in [4.78, 5) is 0. The first-order valence-electron chi connectivity index (χ1n) is 3.44. The Bertz CT molecular complexity index is 60.3. The topological polar surface area (TPSA) is 12.0 Å². The first-order chi connectivity index (χ1) is 3.93. The van der Waals surface area contributed by atoms with E-state index in [0.29, 0.717) is 6.04 Å². The van der Waals surface area contributed by atoms with Gasteiger partial charge in [-0.1, -0.05) is 19.3 Å². The van der Waals surface area contributed by atoms with Crippen LogP contribution in [0, 0.1) is 13.8 Å². The average Bonchev–Trinajstić information content (AvgIpc) is 1.90. The van der Waals surface area contributed by atoms with Crippen LogP contribution >= 0.6 is 0 Å². The van der Waals surface area contributed by atoms with E-state index in [1.165, 1.54) is 25.7 Å². The molecule has 10 heavy (non-hydrogen) atoms. The van der Waals surface area contributed by atoms with Crippen LogP contribution < -0.4 is 5.32 Å². The fraction of sp³-hybridized carbons (Fsp3) is 0.750. The number of hydrogen-bond acceptors (Lipinski definition) is 1. The fourth-order valence-corrected chi connectivity index (χ4v) is 1.21. The second-order valence-corrected chi connectivity index (χ2v) is 2.42. The quantitative estimate of drug-likeness (QED) is 0.659. The van der Waals surface area contributed by atoms with Gasteiger partial charge in [-0.2, -0.15) is 6.42 Å². The normalized spacial score (nSPS) is 24.3. The molecule has 1 aliphatic carbocycles. The molecule has 1 atom stereocenters. The minimum atomic E-state index is 0. The Labute approximate surface area is 90.2 Å². The van der Waals surface area contributed by atoms with Gasteiger partial charge in [0.15, 0.2) is 0 Å². The molecule has 1 fully saturated rings. The molecule has 1 unspecified atom stereocenters. The maximum atomic E-state index is 3.25. The van der Waals surface area contributed by atoms with Gasteiger partial charge in [-0.25, -0.2) is 0 Å². The number of hydrogen-bond donors (Lipinski definition) is 1. The summed E-state index contributed by atoms with van der Waals surface area (Å²) >= 11 is 0. The Morgan fingerprint density at radius 1 is 1.40 bits per heavy atom. The van der Waals surface area contributed by atoms with Crippen LogP contribution in [0.4, 0.5) is 0 Å². The van der Waals surface area contributed by atoms with E-state index in [1.807, 2.05) is 7.05 Å². The summed E-state index contributed by atoms with van der Waals surface area (Å²) in [6.45, 7) is 0. The molecule has 1 saturated carbocycles. The van der Waals surface area contributed by atoms with Crippen LogP contribution in [0.1, 0.15) is 25.7 Å². The van der Waals surface area contributed by atoms with Crippen molar-refractivity contribution in [2.45, 2.75) is 31.7 Å². The molecule has 0 aliphatic heterocycles. The second kappa shape index (κ2) is 8.16. The Hall–Kier alpha value is 1.06. The van der Waals surface area contributed by atoms with E-state index in [-0.39, 0.29) is 40.1 Å². The van der Waals surface area contributed by atoms with Crippen molar-refractivity contribution in [2.75, 3.05) is 7.05 Å². The third-order valence-electron chi connectivity index (χ3n) is 1.79. The van der Waals surface area contributed by atoms with Crippen molar-refractivity contribution in [3.05, 3.63) is 13.8 Å². The van der Waals surface area contributed by atoms with Crippen LogP contribution in [-0.4, -0.2) is 13.1 Å². The molecule has 0 bridgehead atoms. The van der Waals surface area contributed by atoms with Gasteiger partial charge in [0, 0.05) is 32.7 Å². The average molecular weight is 216 g/mol. The van der Waals surface area contributed by atoms with Crippen LogP contribution in [0.25, 0.3) is 0 Å².